The molecule has 2 amide bonds. The number of amides is 2. The quantitative estimate of drug-likeness (QED) is 0.700. The summed E-state index contributed by atoms with van der Waals surface area (Å²) >= 11 is 0. The molecule has 2 N–H and O–H groups in total. The second-order valence-electron chi connectivity index (χ2n) is 8.85. The standard InChI is InChI=1S/C23H35N3O3/c1-4-26(23(28)29)17(3)12-16(2)22(27)24-21-11-10-19-14-25(15-20(19)21)13-18-8-6-5-7-9-18/h5-9,16-17,19-21H,4,10-15H2,1-3H3,(H,24,27)(H,28,29)/t16-,17?,19+,20-,21-/m0/s1. The van der Waals surface area contributed by atoms with Crippen molar-refractivity contribution in [2.24, 2.45) is 17.8 Å². The first-order valence-electron chi connectivity index (χ1n) is 10.9. The predicted molar refractivity (Wildman–Crippen MR) is 114 cm³/mol. The molecule has 1 saturated heterocycles. The molecule has 0 radical (unpaired) electrons. The van der Waals surface area contributed by atoms with Crippen LogP contribution in [0.25, 0.3) is 0 Å². The molecule has 160 valence electrons. The number of hydrogen-bond acceptors (Lipinski definition) is 3. The number of nitrogens with zero attached hydrogens (tertiary/aromatic N) is 2. The van der Waals surface area contributed by atoms with E-state index < -0.39 is 6.09 Å². The maximum atomic E-state index is 12.8. The Bertz CT molecular complexity index is 696. The Morgan fingerprint density at radius 1 is 1.21 bits per heavy atom. The Labute approximate surface area is 174 Å². The van der Waals surface area contributed by atoms with Crippen LogP contribution in [-0.4, -0.2) is 58.6 Å². The number of rotatable bonds is 8. The van der Waals surface area contributed by atoms with Crippen molar-refractivity contribution in [2.45, 2.75) is 58.7 Å². The van der Waals surface area contributed by atoms with E-state index in [9.17, 15) is 14.7 Å². The monoisotopic (exact) mass is 401 g/mol. The lowest BCUT2D eigenvalue weighted by Gasteiger charge is -2.28. The van der Waals surface area contributed by atoms with Gasteiger partial charge in [0.1, 0.15) is 0 Å². The summed E-state index contributed by atoms with van der Waals surface area (Å²) in [6.07, 6.45) is 1.86. The van der Waals surface area contributed by atoms with Crippen molar-refractivity contribution in [1.29, 1.82) is 0 Å². The fraction of sp³-hybridized carbons (Fsp3) is 0.652. The van der Waals surface area contributed by atoms with E-state index in [1.807, 2.05) is 26.8 Å². The fourth-order valence-corrected chi connectivity index (χ4v) is 5.21. The normalized spacial score (nSPS) is 26.0. The topological polar surface area (TPSA) is 72.9 Å². The van der Waals surface area contributed by atoms with Crippen LogP contribution in [0.2, 0.25) is 0 Å². The average Bonchev–Trinajstić information content (AvgIpc) is 3.24. The molecule has 5 atom stereocenters. The molecule has 2 fully saturated rings. The number of likely N-dealkylation sites (tertiary alicyclic amines) is 1. The number of hydrogen-bond donors (Lipinski definition) is 2. The van der Waals surface area contributed by atoms with Gasteiger partial charge in [-0.3, -0.25) is 9.69 Å². The summed E-state index contributed by atoms with van der Waals surface area (Å²) in [6.45, 7) is 9.19. The third-order valence-corrected chi connectivity index (χ3v) is 6.77. The molecule has 0 bridgehead atoms. The van der Waals surface area contributed by atoms with Crippen molar-refractivity contribution in [3.05, 3.63) is 35.9 Å². The van der Waals surface area contributed by atoms with Gasteiger partial charge in [0.05, 0.1) is 0 Å². The predicted octanol–water partition coefficient (Wildman–Crippen LogP) is 3.43. The van der Waals surface area contributed by atoms with Crippen molar-refractivity contribution in [3.8, 4) is 0 Å². The highest BCUT2D eigenvalue weighted by Crippen LogP contribution is 2.38. The summed E-state index contributed by atoms with van der Waals surface area (Å²) in [5, 5.41) is 12.6. The van der Waals surface area contributed by atoms with Crippen LogP contribution in [0.3, 0.4) is 0 Å². The van der Waals surface area contributed by atoms with E-state index in [-0.39, 0.29) is 23.9 Å². The number of carbonyl (C=O) groups is 2. The van der Waals surface area contributed by atoms with E-state index in [1.54, 1.807) is 0 Å². The molecule has 29 heavy (non-hydrogen) atoms. The zero-order chi connectivity index (χ0) is 21.0. The largest absolute Gasteiger partial charge is 0.465 e. The van der Waals surface area contributed by atoms with Crippen LogP contribution in [0.4, 0.5) is 4.79 Å². The number of carboxylic acid groups (broad SMARTS) is 1. The molecule has 1 saturated carbocycles. The van der Waals surface area contributed by atoms with Crippen LogP contribution in [0, 0.1) is 17.8 Å². The summed E-state index contributed by atoms with van der Waals surface area (Å²) in [5.74, 6) is 1.06. The smallest absolute Gasteiger partial charge is 0.407 e. The molecule has 1 aliphatic heterocycles. The zero-order valence-electron chi connectivity index (χ0n) is 17.9. The maximum Gasteiger partial charge on any atom is 0.407 e. The number of nitrogens with one attached hydrogen (secondary N) is 1. The molecular weight excluding hydrogens is 366 g/mol. The van der Waals surface area contributed by atoms with E-state index in [2.05, 4.69) is 34.5 Å². The SMILES string of the molecule is CCN(C(=O)O)C(C)C[C@H](C)C(=O)N[C@H]1CC[C@@H]2CN(Cc3ccccc3)C[C@@H]21. The third-order valence-electron chi connectivity index (χ3n) is 6.77. The van der Waals surface area contributed by atoms with Gasteiger partial charge in [-0.25, -0.2) is 4.79 Å². The molecule has 1 aromatic rings. The minimum Gasteiger partial charge on any atom is -0.465 e. The van der Waals surface area contributed by atoms with E-state index >= 15 is 0 Å². The van der Waals surface area contributed by atoms with Crippen LogP contribution in [-0.2, 0) is 11.3 Å². The molecule has 1 unspecified atom stereocenters. The summed E-state index contributed by atoms with van der Waals surface area (Å²) in [7, 11) is 0. The summed E-state index contributed by atoms with van der Waals surface area (Å²) in [6, 6.07) is 10.6. The van der Waals surface area contributed by atoms with Crippen molar-refractivity contribution >= 4 is 12.0 Å². The molecule has 0 spiro atoms. The van der Waals surface area contributed by atoms with Gasteiger partial charge < -0.3 is 15.3 Å². The Kier molecular flexibility index (Phi) is 7.17. The van der Waals surface area contributed by atoms with Crippen LogP contribution in [0.15, 0.2) is 30.3 Å². The lowest BCUT2D eigenvalue weighted by Crippen LogP contribution is -2.44. The molecule has 1 aliphatic carbocycles. The highest BCUT2D eigenvalue weighted by molar-refractivity contribution is 5.78. The average molecular weight is 402 g/mol. The highest BCUT2D eigenvalue weighted by Gasteiger charge is 2.43. The molecule has 3 rings (SSSR count). The van der Waals surface area contributed by atoms with Gasteiger partial charge in [0.25, 0.3) is 0 Å². The van der Waals surface area contributed by atoms with Crippen LogP contribution < -0.4 is 5.32 Å². The Morgan fingerprint density at radius 2 is 1.93 bits per heavy atom. The van der Waals surface area contributed by atoms with Crippen molar-refractivity contribution in [1.82, 2.24) is 15.1 Å². The van der Waals surface area contributed by atoms with Crippen LogP contribution in [0.1, 0.15) is 45.6 Å². The van der Waals surface area contributed by atoms with Gasteiger partial charge in [0.15, 0.2) is 0 Å². The molecular formula is C23H35N3O3. The number of fused-ring (bicyclic) bond motifs is 1. The first kappa shape index (κ1) is 21.6. The number of carbonyl (C=O) groups excluding carboxylic acids is 1. The summed E-state index contributed by atoms with van der Waals surface area (Å²) in [4.78, 5) is 28.0. The third kappa shape index (κ3) is 5.30. The van der Waals surface area contributed by atoms with Gasteiger partial charge in [-0.2, -0.15) is 0 Å². The van der Waals surface area contributed by atoms with E-state index in [1.165, 1.54) is 16.9 Å². The van der Waals surface area contributed by atoms with Crippen LogP contribution in [0.5, 0.6) is 0 Å². The fourth-order valence-electron chi connectivity index (χ4n) is 5.21. The Hall–Kier alpha value is -2.08. The zero-order valence-corrected chi connectivity index (χ0v) is 17.9. The van der Waals surface area contributed by atoms with Gasteiger partial charge in [-0.15, -0.1) is 0 Å². The highest BCUT2D eigenvalue weighted by atomic mass is 16.4. The lowest BCUT2D eigenvalue weighted by molar-refractivity contribution is -0.126. The summed E-state index contributed by atoms with van der Waals surface area (Å²) in [5.41, 5.74) is 1.34. The maximum absolute atomic E-state index is 12.8. The minimum atomic E-state index is -0.921. The summed E-state index contributed by atoms with van der Waals surface area (Å²) < 4.78 is 0. The second-order valence-corrected chi connectivity index (χ2v) is 8.85. The molecule has 2 aliphatic rings. The van der Waals surface area contributed by atoms with Crippen molar-refractivity contribution in [3.63, 3.8) is 0 Å². The molecule has 0 aromatic heterocycles. The molecule has 1 aromatic carbocycles. The minimum absolute atomic E-state index is 0.0606. The van der Waals surface area contributed by atoms with Crippen molar-refractivity contribution < 1.29 is 14.7 Å². The van der Waals surface area contributed by atoms with Gasteiger partial charge in [0.2, 0.25) is 5.91 Å². The molecule has 6 nitrogen and oxygen atoms in total. The molecule has 6 heteroatoms. The van der Waals surface area contributed by atoms with Gasteiger partial charge in [-0.05, 0) is 50.5 Å². The van der Waals surface area contributed by atoms with E-state index in [0.29, 0.717) is 24.8 Å². The van der Waals surface area contributed by atoms with Crippen molar-refractivity contribution in [2.75, 3.05) is 19.6 Å². The van der Waals surface area contributed by atoms with Gasteiger partial charge >= 0.3 is 6.09 Å². The van der Waals surface area contributed by atoms with Gasteiger partial charge in [-0.1, -0.05) is 37.3 Å². The Balaban J connectivity index is 1.50. The van der Waals surface area contributed by atoms with E-state index in [0.717, 1.165) is 26.1 Å². The lowest BCUT2D eigenvalue weighted by atomic mass is 9.96. The molecule has 1 heterocycles. The van der Waals surface area contributed by atoms with Gasteiger partial charge in [0, 0.05) is 44.2 Å². The first-order valence-corrected chi connectivity index (χ1v) is 10.9. The number of benzene rings is 1. The van der Waals surface area contributed by atoms with E-state index in [4.69, 9.17) is 0 Å². The first-order chi connectivity index (χ1) is 13.9. The second kappa shape index (κ2) is 9.61. The Morgan fingerprint density at radius 3 is 2.59 bits per heavy atom. The van der Waals surface area contributed by atoms with Crippen LogP contribution >= 0.6 is 0 Å².